The molecular weight excluding hydrogens is 288 g/mol. The standard InChI is InChI=1S/C19H18N2O2/c1-23-19(22)16-17(14-8-3-2-4-9-14)20-21-12-11-13-7-5-6-10-15(13)18(16)21/h2-10,16,18H,11-12H2,1H3/t16-,18-/m1/s1. The van der Waals surface area contributed by atoms with Crippen LogP contribution in [0.5, 0.6) is 0 Å². The summed E-state index contributed by atoms with van der Waals surface area (Å²) in [4.78, 5) is 12.5. The van der Waals surface area contributed by atoms with E-state index in [9.17, 15) is 4.79 Å². The maximum atomic E-state index is 12.5. The number of fused-ring (bicyclic) bond motifs is 3. The van der Waals surface area contributed by atoms with Crippen molar-refractivity contribution in [3.8, 4) is 0 Å². The van der Waals surface area contributed by atoms with E-state index in [4.69, 9.17) is 9.84 Å². The van der Waals surface area contributed by atoms with Gasteiger partial charge in [0.1, 0.15) is 5.92 Å². The summed E-state index contributed by atoms with van der Waals surface area (Å²) in [7, 11) is 1.45. The van der Waals surface area contributed by atoms with Crippen LogP contribution in [0.1, 0.15) is 22.7 Å². The van der Waals surface area contributed by atoms with Crippen LogP contribution in [0.15, 0.2) is 59.7 Å². The molecule has 2 aliphatic rings. The maximum Gasteiger partial charge on any atom is 0.317 e. The molecule has 4 heteroatoms. The first-order valence-electron chi connectivity index (χ1n) is 7.86. The van der Waals surface area contributed by atoms with Crippen molar-refractivity contribution in [3.63, 3.8) is 0 Å². The summed E-state index contributed by atoms with van der Waals surface area (Å²) in [6.07, 6.45) is 0.951. The second kappa shape index (κ2) is 5.54. The van der Waals surface area contributed by atoms with Gasteiger partial charge in [0, 0.05) is 6.54 Å². The van der Waals surface area contributed by atoms with Crippen molar-refractivity contribution in [2.75, 3.05) is 13.7 Å². The van der Waals surface area contributed by atoms with Gasteiger partial charge in [-0.2, -0.15) is 5.10 Å². The third kappa shape index (κ3) is 2.22. The van der Waals surface area contributed by atoms with E-state index in [1.807, 2.05) is 41.4 Å². The largest absolute Gasteiger partial charge is 0.468 e. The first kappa shape index (κ1) is 14.0. The molecule has 2 aromatic carbocycles. The molecule has 0 radical (unpaired) electrons. The molecule has 0 fully saturated rings. The molecule has 0 N–H and O–H groups in total. The Bertz CT molecular complexity index is 770. The van der Waals surface area contributed by atoms with Gasteiger partial charge in [-0.1, -0.05) is 54.6 Å². The zero-order valence-corrected chi connectivity index (χ0v) is 13.0. The van der Waals surface area contributed by atoms with Crippen LogP contribution in [-0.2, 0) is 16.0 Å². The number of carbonyl (C=O) groups is 1. The molecule has 2 aromatic rings. The van der Waals surface area contributed by atoms with E-state index < -0.39 is 0 Å². The van der Waals surface area contributed by atoms with E-state index in [0.29, 0.717) is 0 Å². The average molecular weight is 306 g/mol. The Morgan fingerprint density at radius 3 is 2.65 bits per heavy atom. The number of esters is 1. The third-order valence-electron chi connectivity index (χ3n) is 4.68. The number of benzene rings is 2. The Hall–Kier alpha value is -2.62. The highest BCUT2D eigenvalue weighted by Crippen LogP contribution is 2.42. The zero-order valence-electron chi connectivity index (χ0n) is 13.0. The van der Waals surface area contributed by atoms with Crippen LogP contribution in [0.4, 0.5) is 0 Å². The molecule has 0 saturated heterocycles. The molecule has 0 amide bonds. The molecule has 4 nitrogen and oxygen atoms in total. The minimum absolute atomic E-state index is 0.0670. The first-order valence-corrected chi connectivity index (χ1v) is 7.86. The van der Waals surface area contributed by atoms with Crippen molar-refractivity contribution >= 4 is 11.7 Å². The molecule has 0 unspecified atom stereocenters. The van der Waals surface area contributed by atoms with Crippen molar-refractivity contribution in [2.45, 2.75) is 12.5 Å². The lowest BCUT2D eigenvalue weighted by atomic mass is 9.83. The minimum atomic E-state index is -0.385. The lowest BCUT2D eigenvalue weighted by molar-refractivity contribution is -0.144. The molecule has 116 valence electrons. The molecule has 23 heavy (non-hydrogen) atoms. The number of carbonyl (C=O) groups excluding carboxylic acids is 1. The number of nitrogens with zero attached hydrogens (tertiary/aromatic N) is 2. The summed E-state index contributed by atoms with van der Waals surface area (Å²) in [5.41, 5.74) is 4.27. The van der Waals surface area contributed by atoms with Gasteiger partial charge in [-0.25, -0.2) is 0 Å². The fourth-order valence-corrected chi connectivity index (χ4v) is 3.61. The normalized spacial score (nSPS) is 22.1. The number of rotatable bonds is 2. The minimum Gasteiger partial charge on any atom is -0.468 e. The highest BCUT2D eigenvalue weighted by molar-refractivity contribution is 6.13. The Morgan fingerprint density at radius 1 is 1.13 bits per heavy atom. The van der Waals surface area contributed by atoms with Crippen molar-refractivity contribution in [1.82, 2.24) is 5.01 Å². The van der Waals surface area contributed by atoms with Crippen LogP contribution in [0.2, 0.25) is 0 Å². The molecule has 2 aliphatic heterocycles. The van der Waals surface area contributed by atoms with Gasteiger partial charge >= 0.3 is 5.97 Å². The highest BCUT2D eigenvalue weighted by atomic mass is 16.5. The van der Waals surface area contributed by atoms with Crippen molar-refractivity contribution < 1.29 is 9.53 Å². The van der Waals surface area contributed by atoms with Gasteiger partial charge in [-0.05, 0) is 23.1 Å². The molecule has 4 rings (SSSR count). The molecule has 0 saturated carbocycles. The Kier molecular flexibility index (Phi) is 3.37. The molecule has 0 spiro atoms. The number of hydrogen-bond donors (Lipinski definition) is 0. The predicted molar refractivity (Wildman–Crippen MR) is 88.1 cm³/mol. The average Bonchev–Trinajstić information content (AvgIpc) is 3.02. The number of hydrazone groups is 1. The molecule has 0 aliphatic carbocycles. The molecule has 0 aromatic heterocycles. The Morgan fingerprint density at radius 2 is 1.87 bits per heavy atom. The van der Waals surface area contributed by atoms with Crippen LogP contribution in [-0.4, -0.2) is 30.3 Å². The summed E-state index contributed by atoms with van der Waals surface area (Å²) < 4.78 is 5.10. The molecule has 2 heterocycles. The van der Waals surface area contributed by atoms with Crippen molar-refractivity contribution in [1.29, 1.82) is 0 Å². The van der Waals surface area contributed by atoms with E-state index in [0.717, 1.165) is 24.2 Å². The molecular formula is C19H18N2O2. The fourth-order valence-electron chi connectivity index (χ4n) is 3.61. The van der Waals surface area contributed by atoms with Crippen molar-refractivity contribution in [3.05, 3.63) is 71.3 Å². The quantitative estimate of drug-likeness (QED) is 0.801. The van der Waals surface area contributed by atoms with Gasteiger partial charge in [0.15, 0.2) is 0 Å². The van der Waals surface area contributed by atoms with Gasteiger partial charge in [-0.3, -0.25) is 9.80 Å². The van der Waals surface area contributed by atoms with Crippen LogP contribution in [0.25, 0.3) is 0 Å². The van der Waals surface area contributed by atoms with E-state index in [2.05, 4.69) is 18.2 Å². The highest BCUT2D eigenvalue weighted by Gasteiger charge is 2.46. The number of hydrogen-bond acceptors (Lipinski definition) is 4. The smallest absolute Gasteiger partial charge is 0.317 e. The monoisotopic (exact) mass is 306 g/mol. The van der Waals surface area contributed by atoms with E-state index in [1.165, 1.54) is 18.2 Å². The van der Waals surface area contributed by atoms with Gasteiger partial charge in [-0.15, -0.1) is 0 Å². The maximum absolute atomic E-state index is 12.5. The second-order valence-corrected chi connectivity index (χ2v) is 5.91. The van der Waals surface area contributed by atoms with Crippen LogP contribution >= 0.6 is 0 Å². The van der Waals surface area contributed by atoms with Gasteiger partial charge in [0.2, 0.25) is 0 Å². The van der Waals surface area contributed by atoms with Crippen LogP contribution in [0, 0.1) is 5.92 Å². The SMILES string of the molecule is COC(=O)[C@@H]1C(c2ccccc2)=NN2CCc3ccccc3[C@H]12. The number of methoxy groups -OCH3 is 1. The second-order valence-electron chi connectivity index (χ2n) is 5.91. The summed E-state index contributed by atoms with van der Waals surface area (Å²) >= 11 is 0. The van der Waals surface area contributed by atoms with Gasteiger partial charge in [0.05, 0.1) is 18.9 Å². The zero-order chi connectivity index (χ0) is 15.8. The van der Waals surface area contributed by atoms with Crippen LogP contribution < -0.4 is 0 Å². The van der Waals surface area contributed by atoms with E-state index >= 15 is 0 Å². The summed E-state index contributed by atoms with van der Waals surface area (Å²) in [5.74, 6) is -0.611. The van der Waals surface area contributed by atoms with E-state index in [-0.39, 0.29) is 17.9 Å². The molecule has 0 bridgehead atoms. The summed E-state index contributed by atoms with van der Waals surface area (Å²) in [5, 5.41) is 6.83. The Labute approximate surface area is 135 Å². The lowest BCUT2D eigenvalue weighted by Gasteiger charge is -2.33. The summed E-state index contributed by atoms with van der Waals surface area (Å²) in [6.45, 7) is 0.825. The Balaban J connectivity index is 1.83. The van der Waals surface area contributed by atoms with Gasteiger partial charge < -0.3 is 4.74 Å². The van der Waals surface area contributed by atoms with Crippen molar-refractivity contribution in [2.24, 2.45) is 11.0 Å². The molecule has 2 atom stereocenters. The first-order chi connectivity index (χ1) is 11.3. The lowest BCUT2D eigenvalue weighted by Crippen LogP contribution is -2.36. The van der Waals surface area contributed by atoms with Gasteiger partial charge in [0.25, 0.3) is 0 Å². The third-order valence-corrected chi connectivity index (χ3v) is 4.68. The summed E-state index contributed by atoms with van der Waals surface area (Å²) in [6, 6.07) is 18.2. The topological polar surface area (TPSA) is 41.9 Å². The fraction of sp³-hybridized carbons (Fsp3) is 0.263. The number of ether oxygens (including phenoxy) is 1. The van der Waals surface area contributed by atoms with Crippen LogP contribution in [0.3, 0.4) is 0 Å². The van der Waals surface area contributed by atoms with E-state index in [1.54, 1.807) is 0 Å². The predicted octanol–water partition coefficient (Wildman–Crippen LogP) is 2.79.